The fourth-order valence-corrected chi connectivity index (χ4v) is 2.61. The van der Waals surface area contributed by atoms with Gasteiger partial charge in [0.15, 0.2) is 11.5 Å². The van der Waals surface area contributed by atoms with Crippen LogP contribution in [0.2, 0.25) is 5.02 Å². The molecule has 0 fully saturated rings. The van der Waals surface area contributed by atoms with E-state index in [0.717, 1.165) is 5.56 Å². The summed E-state index contributed by atoms with van der Waals surface area (Å²) >= 11 is 6.08. The van der Waals surface area contributed by atoms with Gasteiger partial charge in [0.2, 0.25) is 6.79 Å². The van der Waals surface area contributed by atoms with Gasteiger partial charge in [-0.2, -0.15) is 0 Å². The van der Waals surface area contributed by atoms with Crippen LogP contribution < -0.4 is 19.5 Å². The molecule has 5 nitrogen and oxygen atoms in total. The van der Waals surface area contributed by atoms with Crippen LogP contribution in [-0.4, -0.2) is 26.4 Å². The molecule has 2 aromatic rings. The van der Waals surface area contributed by atoms with Gasteiger partial charge < -0.3 is 19.5 Å². The third kappa shape index (κ3) is 3.51. The molecule has 0 spiro atoms. The molecule has 1 N–H and O–H groups in total. The summed E-state index contributed by atoms with van der Waals surface area (Å²) in [7, 11) is 1.58. The number of halogens is 1. The monoisotopic (exact) mass is 333 g/mol. The minimum absolute atomic E-state index is 0.150. The third-order valence-electron chi connectivity index (χ3n) is 3.55. The Hall–Kier alpha value is -2.40. The zero-order valence-electron chi connectivity index (χ0n) is 12.6. The highest BCUT2D eigenvalue weighted by molar-refractivity contribution is 6.32. The molecule has 0 aromatic heterocycles. The first kappa shape index (κ1) is 15.5. The minimum Gasteiger partial charge on any atom is -0.495 e. The van der Waals surface area contributed by atoms with Crippen molar-refractivity contribution in [2.24, 2.45) is 0 Å². The molecule has 0 unspecified atom stereocenters. The van der Waals surface area contributed by atoms with Crippen LogP contribution in [0.25, 0.3) is 0 Å². The standard InChI is InChI=1S/C17H16ClNO4/c1-21-14-4-2-11(8-13(14)18)6-7-19-17(20)12-3-5-15-16(9-12)23-10-22-15/h2-5,8-9H,6-7,10H2,1H3,(H,19,20). The molecule has 0 bridgehead atoms. The number of carbonyl (C=O) groups excluding carboxylic acids is 1. The Bertz CT molecular complexity index is 733. The van der Waals surface area contributed by atoms with Crippen LogP contribution in [0.4, 0.5) is 0 Å². The Balaban J connectivity index is 1.56. The zero-order chi connectivity index (χ0) is 16.2. The number of amides is 1. The molecule has 0 atom stereocenters. The summed E-state index contributed by atoms with van der Waals surface area (Å²) in [6, 6.07) is 10.7. The topological polar surface area (TPSA) is 56.8 Å². The first-order valence-electron chi connectivity index (χ1n) is 7.17. The van der Waals surface area contributed by atoms with Gasteiger partial charge in [-0.15, -0.1) is 0 Å². The van der Waals surface area contributed by atoms with Crippen LogP contribution in [-0.2, 0) is 6.42 Å². The number of methoxy groups -OCH3 is 1. The number of fused-ring (bicyclic) bond motifs is 1. The van der Waals surface area contributed by atoms with Crippen molar-refractivity contribution in [2.75, 3.05) is 20.4 Å². The van der Waals surface area contributed by atoms with Crippen LogP contribution in [0.1, 0.15) is 15.9 Å². The van der Waals surface area contributed by atoms with Gasteiger partial charge in [0, 0.05) is 12.1 Å². The Labute approximate surface area is 139 Å². The van der Waals surface area contributed by atoms with Gasteiger partial charge in [-0.05, 0) is 42.3 Å². The fraction of sp³-hybridized carbons (Fsp3) is 0.235. The van der Waals surface area contributed by atoms with E-state index in [1.165, 1.54) is 0 Å². The molecular formula is C17H16ClNO4. The van der Waals surface area contributed by atoms with Gasteiger partial charge in [-0.25, -0.2) is 0 Å². The number of rotatable bonds is 5. The molecule has 120 valence electrons. The van der Waals surface area contributed by atoms with Crippen molar-refractivity contribution in [3.05, 3.63) is 52.5 Å². The van der Waals surface area contributed by atoms with Gasteiger partial charge in [0.1, 0.15) is 5.75 Å². The Kier molecular flexibility index (Phi) is 4.57. The number of hydrogen-bond donors (Lipinski definition) is 1. The second kappa shape index (κ2) is 6.79. The maximum atomic E-state index is 12.1. The number of nitrogens with one attached hydrogen (secondary N) is 1. The molecule has 0 saturated carbocycles. The number of benzene rings is 2. The first-order valence-corrected chi connectivity index (χ1v) is 7.55. The van der Waals surface area contributed by atoms with Crippen LogP contribution in [0.15, 0.2) is 36.4 Å². The largest absolute Gasteiger partial charge is 0.495 e. The Morgan fingerprint density at radius 3 is 2.83 bits per heavy atom. The Morgan fingerprint density at radius 2 is 2.04 bits per heavy atom. The van der Waals surface area contributed by atoms with E-state index >= 15 is 0 Å². The van der Waals surface area contributed by atoms with E-state index < -0.39 is 0 Å². The Morgan fingerprint density at radius 1 is 1.22 bits per heavy atom. The van der Waals surface area contributed by atoms with Crippen molar-refractivity contribution < 1.29 is 19.0 Å². The molecule has 1 amide bonds. The van der Waals surface area contributed by atoms with Gasteiger partial charge >= 0.3 is 0 Å². The molecule has 1 aliphatic heterocycles. The van der Waals surface area contributed by atoms with Crippen molar-refractivity contribution in [3.8, 4) is 17.2 Å². The average molecular weight is 334 g/mol. The molecule has 0 saturated heterocycles. The number of hydrogen-bond acceptors (Lipinski definition) is 4. The quantitative estimate of drug-likeness (QED) is 0.913. The smallest absolute Gasteiger partial charge is 0.251 e. The maximum absolute atomic E-state index is 12.1. The third-order valence-corrected chi connectivity index (χ3v) is 3.85. The summed E-state index contributed by atoms with van der Waals surface area (Å²) in [5.74, 6) is 1.75. The van der Waals surface area contributed by atoms with E-state index in [2.05, 4.69) is 5.32 Å². The number of ether oxygens (including phenoxy) is 3. The van der Waals surface area contributed by atoms with Gasteiger partial charge in [-0.1, -0.05) is 17.7 Å². The summed E-state index contributed by atoms with van der Waals surface area (Å²) in [5, 5.41) is 3.44. The molecule has 1 heterocycles. The summed E-state index contributed by atoms with van der Waals surface area (Å²) in [5.41, 5.74) is 1.57. The molecule has 3 rings (SSSR count). The highest BCUT2D eigenvalue weighted by Crippen LogP contribution is 2.32. The normalized spacial score (nSPS) is 12.1. The van der Waals surface area contributed by atoms with Crippen LogP contribution in [0.3, 0.4) is 0 Å². The molecule has 1 aliphatic rings. The van der Waals surface area contributed by atoms with Crippen LogP contribution >= 0.6 is 11.6 Å². The van der Waals surface area contributed by atoms with E-state index in [4.69, 9.17) is 25.8 Å². The van der Waals surface area contributed by atoms with E-state index in [9.17, 15) is 4.79 Å². The maximum Gasteiger partial charge on any atom is 0.251 e. The van der Waals surface area contributed by atoms with E-state index in [1.807, 2.05) is 18.2 Å². The molecule has 23 heavy (non-hydrogen) atoms. The van der Waals surface area contributed by atoms with E-state index in [-0.39, 0.29) is 12.7 Å². The van der Waals surface area contributed by atoms with Crippen molar-refractivity contribution >= 4 is 17.5 Å². The predicted octanol–water partition coefficient (Wildman–Crippen LogP) is 3.05. The summed E-state index contributed by atoms with van der Waals surface area (Å²) in [6.45, 7) is 0.703. The fourth-order valence-electron chi connectivity index (χ4n) is 2.33. The van der Waals surface area contributed by atoms with Crippen molar-refractivity contribution in [1.29, 1.82) is 0 Å². The highest BCUT2D eigenvalue weighted by Gasteiger charge is 2.15. The predicted molar refractivity (Wildman–Crippen MR) is 86.6 cm³/mol. The van der Waals surface area contributed by atoms with E-state index in [0.29, 0.717) is 40.8 Å². The summed E-state index contributed by atoms with van der Waals surface area (Å²) in [6.07, 6.45) is 0.681. The average Bonchev–Trinajstić information content (AvgIpc) is 3.02. The lowest BCUT2D eigenvalue weighted by Gasteiger charge is -2.08. The van der Waals surface area contributed by atoms with Crippen molar-refractivity contribution in [2.45, 2.75) is 6.42 Å². The molecule has 0 radical (unpaired) electrons. The minimum atomic E-state index is -0.150. The lowest BCUT2D eigenvalue weighted by Crippen LogP contribution is -2.25. The van der Waals surface area contributed by atoms with Gasteiger partial charge in [0.05, 0.1) is 12.1 Å². The molecule has 2 aromatic carbocycles. The van der Waals surface area contributed by atoms with Gasteiger partial charge in [-0.3, -0.25) is 4.79 Å². The highest BCUT2D eigenvalue weighted by atomic mass is 35.5. The lowest BCUT2D eigenvalue weighted by molar-refractivity contribution is 0.0953. The second-order valence-corrected chi connectivity index (χ2v) is 5.45. The van der Waals surface area contributed by atoms with Crippen LogP contribution in [0.5, 0.6) is 17.2 Å². The van der Waals surface area contributed by atoms with Gasteiger partial charge in [0.25, 0.3) is 5.91 Å². The van der Waals surface area contributed by atoms with E-state index in [1.54, 1.807) is 25.3 Å². The summed E-state index contributed by atoms with van der Waals surface area (Å²) < 4.78 is 15.6. The molecule has 6 heteroatoms. The second-order valence-electron chi connectivity index (χ2n) is 5.04. The molecular weight excluding hydrogens is 318 g/mol. The number of carbonyl (C=O) groups is 1. The lowest BCUT2D eigenvalue weighted by atomic mass is 10.1. The zero-order valence-corrected chi connectivity index (χ0v) is 13.4. The first-order chi connectivity index (χ1) is 11.2. The van der Waals surface area contributed by atoms with Crippen LogP contribution in [0, 0.1) is 0 Å². The molecule has 0 aliphatic carbocycles. The summed E-state index contributed by atoms with van der Waals surface area (Å²) in [4.78, 5) is 12.1. The van der Waals surface area contributed by atoms with Crippen molar-refractivity contribution in [3.63, 3.8) is 0 Å². The van der Waals surface area contributed by atoms with Crippen molar-refractivity contribution in [1.82, 2.24) is 5.32 Å². The SMILES string of the molecule is COc1ccc(CCNC(=O)c2ccc3c(c2)OCO3)cc1Cl.